The molecule has 0 aromatic heterocycles. The van der Waals surface area contributed by atoms with Gasteiger partial charge >= 0.3 is 0 Å². The summed E-state index contributed by atoms with van der Waals surface area (Å²) in [6.45, 7) is 0. The molecule has 2 aliphatic carbocycles. The summed E-state index contributed by atoms with van der Waals surface area (Å²) in [5, 5.41) is 0. The van der Waals surface area contributed by atoms with Crippen LogP contribution in [0.2, 0.25) is 0 Å². The molecule has 5 heteroatoms. The van der Waals surface area contributed by atoms with Crippen LogP contribution in [0.5, 0.6) is 0 Å². The smallest absolute Gasteiger partial charge is 0.246 e. The summed E-state index contributed by atoms with van der Waals surface area (Å²) in [5.41, 5.74) is 1.25. The zero-order valence-electron chi connectivity index (χ0n) is 13.4. The highest BCUT2D eigenvalue weighted by Crippen LogP contribution is 2.49. The van der Waals surface area contributed by atoms with Crippen LogP contribution in [0.15, 0.2) is 30.3 Å². The highest BCUT2D eigenvalue weighted by atomic mass is 32.2. The predicted molar refractivity (Wildman–Crippen MR) is 91.0 cm³/mol. The molecule has 1 heterocycles. The lowest BCUT2D eigenvalue weighted by Crippen LogP contribution is -2.49. The molecule has 0 N–H and O–H groups in total. The van der Waals surface area contributed by atoms with Gasteiger partial charge in [0.15, 0.2) is 0 Å². The van der Waals surface area contributed by atoms with Gasteiger partial charge < -0.3 is 9.80 Å². The van der Waals surface area contributed by atoms with E-state index >= 15 is 0 Å². The molecule has 1 saturated heterocycles. The molecule has 1 aromatic rings. The Kier molecular flexibility index (Phi) is 3.84. The fourth-order valence-corrected chi connectivity index (χ4v) is 4.65. The number of nitrogens with zero attached hydrogens (tertiary/aromatic N) is 2. The van der Waals surface area contributed by atoms with Gasteiger partial charge in [-0.2, -0.15) is 0 Å². The zero-order valence-corrected chi connectivity index (χ0v) is 14.2. The summed E-state index contributed by atoms with van der Waals surface area (Å²) >= 11 is 1.70. The van der Waals surface area contributed by atoms with Crippen molar-refractivity contribution in [2.24, 2.45) is 5.92 Å². The van der Waals surface area contributed by atoms with Gasteiger partial charge in [0.2, 0.25) is 11.8 Å². The summed E-state index contributed by atoms with van der Waals surface area (Å²) in [6, 6.07) is 10.4. The van der Waals surface area contributed by atoms with E-state index in [4.69, 9.17) is 0 Å². The molecule has 3 fully saturated rings. The maximum atomic E-state index is 12.9. The van der Waals surface area contributed by atoms with Crippen LogP contribution < -0.4 is 0 Å². The molecule has 4 rings (SSSR count). The molecule has 0 unspecified atom stereocenters. The van der Waals surface area contributed by atoms with Crippen molar-refractivity contribution >= 4 is 23.6 Å². The summed E-state index contributed by atoms with van der Waals surface area (Å²) < 4.78 is 0. The van der Waals surface area contributed by atoms with Crippen LogP contribution in [0.4, 0.5) is 0 Å². The van der Waals surface area contributed by atoms with Crippen molar-refractivity contribution in [3.8, 4) is 0 Å². The molecule has 2 amide bonds. The second-order valence-electron chi connectivity index (χ2n) is 6.86. The molecule has 3 atom stereocenters. The first kappa shape index (κ1) is 15.1. The van der Waals surface area contributed by atoms with Gasteiger partial charge in [-0.1, -0.05) is 30.3 Å². The lowest BCUT2D eigenvalue weighted by Gasteiger charge is -2.27. The third-order valence-corrected chi connectivity index (χ3v) is 6.24. The van der Waals surface area contributed by atoms with Crippen molar-refractivity contribution in [1.82, 2.24) is 9.80 Å². The Labute approximate surface area is 141 Å². The Morgan fingerprint density at radius 3 is 2.65 bits per heavy atom. The van der Waals surface area contributed by atoms with Crippen molar-refractivity contribution in [3.05, 3.63) is 35.9 Å². The highest BCUT2D eigenvalue weighted by Gasteiger charge is 2.49. The fraction of sp³-hybridized carbons (Fsp3) is 0.556. The van der Waals surface area contributed by atoms with E-state index in [1.54, 1.807) is 11.8 Å². The Hall–Kier alpha value is -1.49. The summed E-state index contributed by atoms with van der Waals surface area (Å²) in [6.07, 6.45) is 3.13. The summed E-state index contributed by atoms with van der Waals surface area (Å²) in [7, 11) is 1.88. The van der Waals surface area contributed by atoms with E-state index in [1.165, 1.54) is 5.56 Å². The SMILES string of the molecule is CN(C(=O)[C@@H]1CSCN1C(=O)[C@H]1C[C@H]1c1ccccc1)C1CC1. The van der Waals surface area contributed by atoms with Crippen LogP contribution in [0.25, 0.3) is 0 Å². The van der Waals surface area contributed by atoms with E-state index in [0.29, 0.717) is 17.8 Å². The van der Waals surface area contributed by atoms with Gasteiger partial charge in [0.05, 0.1) is 5.88 Å². The van der Waals surface area contributed by atoms with E-state index in [0.717, 1.165) is 25.0 Å². The first-order chi connectivity index (χ1) is 11.2. The number of rotatable bonds is 4. The number of hydrogen-bond acceptors (Lipinski definition) is 3. The molecule has 2 saturated carbocycles. The molecule has 0 bridgehead atoms. The van der Waals surface area contributed by atoms with Crippen molar-refractivity contribution in [2.45, 2.75) is 37.3 Å². The predicted octanol–water partition coefficient (Wildman–Crippen LogP) is 2.31. The van der Waals surface area contributed by atoms with Crippen LogP contribution >= 0.6 is 11.8 Å². The standard InChI is InChI=1S/C18H22N2O2S/c1-19(13-7-8-13)18(22)16-10-23-11-20(16)17(21)15-9-14(15)12-5-3-2-4-6-12/h2-6,13-16H,7-11H2,1H3/t14-,15-,16-/m0/s1. The average molecular weight is 330 g/mol. The molecular weight excluding hydrogens is 308 g/mol. The quantitative estimate of drug-likeness (QED) is 0.851. The van der Waals surface area contributed by atoms with Gasteiger partial charge in [-0.05, 0) is 30.7 Å². The van der Waals surface area contributed by atoms with Crippen molar-refractivity contribution in [2.75, 3.05) is 18.7 Å². The highest BCUT2D eigenvalue weighted by molar-refractivity contribution is 7.99. The van der Waals surface area contributed by atoms with Crippen LogP contribution in [0.1, 0.15) is 30.7 Å². The monoisotopic (exact) mass is 330 g/mol. The van der Waals surface area contributed by atoms with Crippen molar-refractivity contribution < 1.29 is 9.59 Å². The van der Waals surface area contributed by atoms with Crippen molar-refractivity contribution in [1.29, 1.82) is 0 Å². The first-order valence-electron chi connectivity index (χ1n) is 8.36. The average Bonchev–Trinajstić information content (AvgIpc) is 3.50. The number of carbonyl (C=O) groups excluding carboxylic acids is 2. The Morgan fingerprint density at radius 2 is 1.96 bits per heavy atom. The Bertz CT molecular complexity index is 617. The van der Waals surface area contributed by atoms with E-state index in [-0.39, 0.29) is 23.8 Å². The van der Waals surface area contributed by atoms with Crippen LogP contribution in [-0.2, 0) is 9.59 Å². The maximum Gasteiger partial charge on any atom is 0.246 e. The normalized spacial score (nSPS) is 29.4. The van der Waals surface area contributed by atoms with Gasteiger partial charge in [0.1, 0.15) is 6.04 Å². The zero-order chi connectivity index (χ0) is 16.0. The molecular formula is C18H22N2O2S. The van der Waals surface area contributed by atoms with E-state index in [9.17, 15) is 9.59 Å². The number of amides is 2. The van der Waals surface area contributed by atoms with Crippen molar-refractivity contribution in [3.63, 3.8) is 0 Å². The third kappa shape index (κ3) is 2.87. The van der Waals surface area contributed by atoms with Gasteiger partial charge in [-0.15, -0.1) is 11.8 Å². The van der Waals surface area contributed by atoms with Gasteiger partial charge in [-0.25, -0.2) is 0 Å². The van der Waals surface area contributed by atoms with Gasteiger partial charge in [0, 0.05) is 24.8 Å². The minimum absolute atomic E-state index is 0.0673. The summed E-state index contributed by atoms with van der Waals surface area (Å²) in [4.78, 5) is 29.2. The number of benzene rings is 1. The minimum atomic E-state index is -0.255. The van der Waals surface area contributed by atoms with Crippen LogP contribution in [0, 0.1) is 5.92 Å². The number of thioether (sulfide) groups is 1. The third-order valence-electron chi connectivity index (χ3n) is 5.23. The molecule has 23 heavy (non-hydrogen) atoms. The Morgan fingerprint density at radius 1 is 1.22 bits per heavy atom. The molecule has 4 nitrogen and oxygen atoms in total. The summed E-state index contributed by atoms with van der Waals surface area (Å²) in [5.74, 6) is 2.11. The number of carbonyl (C=O) groups is 2. The largest absolute Gasteiger partial charge is 0.341 e. The Balaban J connectivity index is 1.43. The molecule has 0 spiro atoms. The van der Waals surface area contributed by atoms with Crippen LogP contribution in [-0.4, -0.2) is 52.4 Å². The molecule has 1 aromatic carbocycles. The molecule has 1 aliphatic heterocycles. The topological polar surface area (TPSA) is 40.6 Å². The fourth-order valence-electron chi connectivity index (χ4n) is 3.49. The molecule has 0 radical (unpaired) electrons. The first-order valence-corrected chi connectivity index (χ1v) is 9.52. The van der Waals surface area contributed by atoms with E-state index in [1.807, 2.05) is 35.0 Å². The van der Waals surface area contributed by atoms with E-state index < -0.39 is 0 Å². The lowest BCUT2D eigenvalue weighted by atomic mass is 10.1. The maximum absolute atomic E-state index is 12.9. The van der Waals surface area contributed by atoms with Gasteiger partial charge in [0.25, 0.3) is 0 Å². The lowest BCUT2D eigenvalue weighted by molar-refractivity contribution is -0.143. The molecule has 3 aliphatic rings. The van der Waals surface area contributed by atoms with E-state index in [2.05, 4.69) is 12.1 Å². The second kappa shape index (κ2) is 5.86. The van der Waals surface area contributed by atoms with Crippen LogP contribution in [0.3, 0.4) is 0 Å². The second-order valence-corrected chi connectivity index (χ2v) is 7.86. The molecule has 122 valence electrons. The minimum Gasteiger partial charge on any atom is -0.341 e. The number of hydrogen-bond donors (Lipinski definition) is 0. The number of likely N-dealkylation sites (N-methyl/N-ethyl adjacent to an activating group) is 1. The van der Waals surface area contributed by atoms with Gasteiger partial charge in [-0.3, -0.25) is 9.59 Å².